The Balaban J connectivity index is 1.55. The Morgan fingerprint density at radius 3 is 2.34 bits per heavy atom. The third-order valence-electron chi connectivity index (χ3n) is 7.62. The largest absolute Gasteiger partial charge is 0.405 e. The predicted molar refractivity (Wildman–Crippen MR) is 128 cm³/mol. The minimum atomic E-state index is -4.41. The number of aliphatic imine (C=N–C) groups is 1. The molecule has 35 heavy (non-hydrogen) atoms. The smallest absolute Gasteiger partial charge is 0.353 e. The second-order valence-electron chi connectivity index (χ2n) is 10.5. The van der Waals surface area contributed by atoms with Gasteiger partial charge in [0.1, 0.15) is 18.4 Å². The van der Waals surface area contributed by atoms with Crippen molar-refractivity contribution in [2.75, 3.05) is 0 Å². The molecular weight excluding hydrogens is 509 g/mol. The molecular formula is C23H35Cl2F4N5O. The molecule has 4 rings (SSSR count). The van der Waals surface area contributed by atoms with Gasteiger partial charge in [-0.1, -0.05) is 19.3 Å². The van der Waals surface area contributed by atoms with E-state index in [4.69, 9.17) is 23.2 Å². The molecule has 7 atom stereocenters. The average molecular weight is 544 g/mol. The van der Waals surface area contributed by atoms with Crippen molar-refractivity contribution in [3.63, 3.8) is 0 Å². The van der Waals surface area contributed by atoms with E-state index in [-0.39, 0.29) is 59.9 Å². The number of carbonyl (C=O) groups is 1. The Labute approximate surface area is 213 Å². The van der Waals surface area contributed by atoms with Crippen LogP contribution in [0.4, 0.5) is 17.6 Å². The van der Waals surface area contributed by atoms with E-state index in [9.17, 15) is 22.4 Å². The number of rotatable bonds is 4. The van der Waals surface area contributed by atoms with Crippen molar-refractivity contribution in [2.45, 2.75) is 124 Å². The average Bonchev–Trinajstić information content (AvgIpc) is 3.42. The van der Waals surface area contributed by atoms with Crippen LogP contribution in [0.15, 0.2) is 4.99 Å². The molecule has 1 aliphatic heterocycles. The number of hydrazine groups is 1. The molecule has 3 N–H and O–H groups in total. The lowest BCUT2D eigenvalue weighted by Gasteiger charge is -2.32. The van der Waals surface area contributed by atoms with Crippen LogP contribution in [-0.2, 0) is 4.79 Å². The Morgan fingerprint density at radius 1 is 0.943 bits per heavy atom. The summed E-state index contributed by atoms with van der Waals surface area (Å²) in [7, 11) is 0. The summed E-state index contributed by atoms with van der Waals surface area (Å²) in [5, 5.41) is 7.10. The van der Waals surface area contributed by atoms with Gasteiger partial charge in [-0.05, 0) is 51.4 Å². The molecule has 4 fully saturated rings. The van der Waals surface area contributed by atoms with Crippen molar-refractivity contribution in [3.8, 4) is 0 Å². The zero-order valence-corrected chi connectivity index (χ0v) is 21.2. The van der Waals surface area contributed by atoms with Crippen LogP contribution in [0.3, 0.4) is 0 Å². The van der Waals surface area contributed by atoms with Crippen molar-refractivity contribution in [1.29, 1.82) is 0 Å². The molecule has 1 saturated heterocycles. The van der Waals surface area contributed by atoms with Crippen LogP contribution in [-0.4, -0.2) is 64.3 Å². The summed E-state index contributed by atoms with van der Waals surface area (Å²) in [6.07, 6.45) is 0.768. The molecule has 0 radical (unpaired) electrons. The van der Waals surface area contributed by atoms with E-state index in [1.54, 1.807) is 5.01 Å². The van der Waals surface area contributed by atoms with E-state index < -0.39 is 24.6 Å². The third kappa shape index (κ3) is 7.36. The van der Waals surface area contributed by atoms with E-state index in [1.807, 2.05) is 0 Å². The van der Waals surface area contributed by atoms with Gasteiger partial charge in [0, 0.05) is 35.2 Å². The van der Waals surface area contributed by atoms with Gasteiger partial charge in [-0.2, -0.15) is 13.2 Å². The summed E-state index contributed by atoms with van der Waals surface area (Å²) in [6, 6.07) is -2.14. The molecule has 0 aromatic heterocycles. The minimum absolute atomic E-state index is 0.0551. The van der Waals surface area contributed by atoms with Crippen molar-refractivity contribution in [2.24, 2.45) is 10.9 Å². The highest BCUT2D eigenvalue weighted by Gasteiger charge is 2.49. The molecule has 1 heterocycles. The molecule has 0 aromatic carbocycles. The zero-order valence-electron chi connectivity index (χ0n) is 19.7. The Kier molecular flexibility index (Phi) is 9.09. The highest BCUT2D eigenvalue weighted by molar-refractivity contribution is 6.21. The van der Waals surface area contributed by atoms with Gasteiger partial charge in [-0.25, -0.2) is 19.8 Å². The van der Waals surface area contributed by atoms with E-state index in [1.165, 1.54) is 0 Å². The van der Waals surface area contributed by atoms with Crippen LogP contribution in [0, 0.1) is 5.92 Å². The first-order chi connectivity index (χ1) is 16.6. The lowest BCUT2D eigenvalue weighted by molar-refractivity contribution is -0.157. The van der Waals surface area contributed by atoms with Gasteiger partial charge in [0.25, 0.3) is 0 Å². The van der Waals surface area contributed by atoms with Gasteiger partial charge in [-0.3, -0.25) is 10.1 Å². The van der Waals surface area contributed by atoms with E-state index in [0.29, 0.717) is 19.3 Å². The summed E-state index contributed by atoms with van der Waals surface area (Å²) < 4.78 is 54.9. The summed E-state index contributed by atoms with van der Waals surface area (Å²) in [5.74, 6) is -0.468. The van der Waals surface area contributed by atoms with Crippen LogP contribution in [0.25, 0.3) is 0 Å². The Bertz CT molecular complexity index is 757. The van der Waals surface area contributed by atoms with Gasteiger partial charge >= 0.3 is 6.18 Å². The Morgan fingerprint density at radius 2 is 1.69 bits per heavy atom. The number of nitrogens with zero attached hydrogens (tertiary/aromatic N) is 2. The zero-order chi connectivity index (χ0) is 25.2. The molecule has 200 valence electrons. The minimum Gasteiger partial charge on any atom is -0.353 e. The highest BCUT2D eigenvalue weighted by atomic mass is 35.5. The molecule has 4 aliphatic rings. The topological polar surface area (TPSA) is 68.8 Å². The standard InChI is InChI=1S/C23H35Cl2F4N5O/c24-14-5-3-4-13(8-14)21(35)32-22(30-17-10-15(25)9-16(26)11-17)31-20-12-19(23(27,28)29)33-34(20)18-6-1-2-7-18/h13-20,33H,1-12H2,(H2,30,31,32,35). The molecule has 3 aliphatic carbocycles. The van der Waals surface area contributed by atoms with Crippen LogP contribution in [0.2, 0.25) is 0 Å². The summed E-state index contributed by atoms with van der Waals surface area (Å²) in [5.41, 5.74) is 2.63. The quantitative estimate of drug-likeness (QED) is 0.207. The number of nitrogens with one attached hydrogen (secondary N) is 3. The molecule has 12 heteroatoms. The SMILES string of the molecule is O=C(N/C(=N\C1CC(C(F)(F)F)NN1C1CCCC1)NC1CC(F)CC(Cl)C1)C1CCCC(Cl)C1. The van der Waals surface area contributed by atoms with Crippen molar-refractivity contribution >= 4 is 35.1 Å². The third-order valence-corrected chi connectivity index (χ3v) is 8.37. The second-order valence-corrected chi connectivity index (χ2v) is 11.7. The van der Waals surface area contributed by atoms with E-state index >= 15 is 0 Å². The first-order valence-corrected chi connectivity index (χ1v) is 13.6. The first kappa shape index (κ1) is 27.2. The number of carbonyl (C=O) groups excluding carboxylic acids is 1. The number of hydrogen-bond donors (Lipinski definition) is 3. The van der Waals surface area contributed by atoms with Crippen LogP contribution >= 0.6 is 23.2 Å². The molecule has 1 amide bonds. The van der Waals surface area contributed by atoms with Crippen molar-refractivity contribution in [3.05, 3.63) is 0 Å². The predicted octanol–water partition coefficient (Wildman–Crippen LogP) is 4.75. The number of halogens is 6. The number of amides is 1. The fraction of sp³-hybridized carbons (Fsp3) is 0.913. The summed E-state index contributed by atoms with van der Waals surface area (Å²) in [4.78, 5) is 17.7. The molecule has 6 nitrogen and oxygen atoms in total. The van der Waals surface area contributed by atoms with Crippen LogP contribution < -0.4 is 16.1 Å². The maximum absolute atomic E-state index is 14.2. The lowest BCUT2D eigenvalue weighted by Crippen LogP contribution is -2.52. The number of guanidine groups is 1. The van der Waals surface area contributed by atoms with Crippen LogP contribution in [0.1, 0.15) is 77.0 Å². The van der Waals surface area contributed by atoms with Gasteiger partial charge in [0.05, 0.1) is 0 Å². The van der Waals surface area contributed by atoms with Crippen molar-refractivity contribution in [1.82, 2.24) is 21.1 Å². The van der Waals surface area contributed by atoms with Gasteiger partial charge < -0.3 is 5.32 Å². The molecule has 0 bridgehead atoms. The van der Waals surface area contributed by atoms with Crippen molar-refractivity contribution < 1.29 is 22.4 Å². The summed E-state index contributed by atoms with van der Waals surface area (Å²) >= 11 is 12.5. The first-order valence-electron chi connectivity index (χ1n) is 12.8. The van der Waals surface area contributed by atoms with Gasteiger partial charge in [0.2, 0.25) is 5.91 Å². The summed E-state index contributed by atoms with van der Waals surface area (Å²) in [6.45, 7) is 0. The number of alkyl halides is 6. The maximum atomic E-state index is 14.2. The molecule has 7 unspecified atom stereocenters. The van der Waals surface area contributed by atoms with Gasteiger partial charge in [0.15, 0.2) is 5.96 Å². The van der Waals surface area contributed by atoms with E-state index in [2.05, 4.69) is 21.1 Å². The molecule has 0 spiro atoms. The highest BCUT2D eigenvalue weighted by Crippen LogP contribution is 2.35. The van der Waals surface area contributed by atoms with E-state index in [0.717, 1.165) is 38.5 Å². The number of hydrogen-bond acceptors (Lipinski definition) is 4. The maximum Gasteiger partial charge on any atom is 0.405 e. The van der Waals surface area contributed by atoms with Gasteiger partial charge in [-0.15, -0.1) is 23.2 Å². The normalized spacial score (nSPS) is 38.0. The molecule has 0 aromatic rings. The lowest BCUT2D eigenvalue weighted by atomic mass is 9.88. The fourth-order valence-corrected chi connectivity index (χ4v) is 6.61. The molecule has 3 saturated carbocycles. The Hall–Kier alpha value is -0.840. The monoisotopic (exact) mass is 543 g/mol. The second kappa shape index (κ2) is 11.7. The fourth-order valence-electron chi connectivity index (χ4n) is 5.83. The van der Waals surface area contributed by atoms with Crippen LogP contribution in [0.5, 0.6) is 0 Å².